The maximum absolute atomic E-state index is 14.1. The van der Waals surface area contributed by atoms with Crippen LogP contribution in [0.25, 0.3) is 0 Å². The van der Waals surface area contributed by atoms with E-state index >= 15 is 0 Å². The molecule has 2 fully saturated rings. The van der Waals surface area contributed by atoms with Gasteiger partial charge in [-0.3, -0.25) is 10.1 Å². The Morgan fingerprint density at radius 1 is 1.13 bits per heavy atom. The van der Waals surface area contributed by atoms with Gasteiger partial charge in [0.15, 0.2) is 5.82 Å². The van der Waals surface area contributed by atoms with Gasteiger partial charge in [-0.15, -0.1) is 12.4 Å². The molecule has 0 unspecified atom stereocenters. The van der Waals surface area contributed by atoms with Crippen LogP contribution in [-0.4, -0.2) is 31.1 Å². The first-order chi connectivity index (χ1) is 10.6. The molecule has 0 saturated carbocycles. The van der Waals surface area contributed by atoms with Gasteiger partial charge in [0, 0.05) is 19.2 Å². The van der Waals surface area contributed by atoms with Crippen molar-refractivity contribution in [2.24, 2.45) is 11.8 Å². The Morgan fingerprint density at radius 3 is 2.30 bits per heavy atom. The molecule has 2 saturated heterocycles. The van der Waals surface area contributed by atoms with Crippen molar-refractivity contribution in [2.45, 2.75) is 25.7 Å². The van der Waals surface area contributed by atoms with Crippen molar-refractivity contribution >= 4 is 23.8 Å². The zero-order chi connectivity index (χ0) is 15.5. The molecule has 2 aliphatic heterocycles. The number of benzene rings is 1. The van der Waals surface area contributed by atoms with E-state index in [1.807, 2.05) is 4.90 Å². The summed E-state index contributed by atoms with van der Waals surface area (Å²) in [5.74, 6) is 1.04. The fourth-order valence-electron chi connectivity index (χ4n) is 3.79. The van der Waals surface area contributed by atoms with Crippen LogP contribution in [0.5, 0.6) is 0 Å². The highest BCUT2D eigenvalue weighted by molar-refractivity contribution is 5.85. The Bertz CT molecular complexity index is 544. The third kappa shape index (κ3) is 4.12. The quantitative estimate of drug-likeness (QED) is 0.675. The van der Waals surface area contributed by atoms with Crippen LogP contribution in [0.2, 0.25) is 0 Å². The molecule has 0 atom stereocenters. The summed E-state index contributed by atoms with van der Waals surface area (Å²) in [7, 11) is 0. The zero-order valence-electron chi connectivity index (χ0n) is 13.0. The van der Waals surface area contributed by atoms with Gasteiger partial charge in [0.2, 0.25) is 0 Å². The number of rotatable bonds is 3. The molecule has 7 heteroatoms. The molecule has 1 aromatic carbocycles. The van der Waals surface area contributed by atoms with Gasteiger partial charge in [-0.1, -0.05) is 0 Å². The van der Waals surface area contributed by atoms with Gasteiger partial charge in [0.1, 0.15) is 0 Å². The van der Waals surface area contributed by atoms with Gasteiger partial charge < -0.3 is 10.2 Å². The Kier molecular flexibility index (Phi) is 6.18. The number of nitro groups is 1. The number of nitro benzene ring substituents is 1. The molecule has 0 radical (unpaired) electrons. The average molecular weight is 344 g/mol. The molecule has 3 rings (SSSR count). The van der Waals surface area contributed by atoms with E-state index in [2.05, 4.69) is 5.32 Å². The Balaban J connectivity index is 0.00000192. The number of hydrogen-bond acceptors (Lipinski definition) is 4. The number of nitrogens with one attached hydrogen (secondary N) is 1. The van der Waals surface area contributed by atoms with Gasteiger partial charge in [0.25, 0.3) is 5.69 Å². The van der Waals surface area contributed by atoms with Crippen molar-refractivity contribution in [1.29, 1.82) is 0 Å². The standard InChI is InChI=1S/C16H22FN3O2.ClH/c17-15-11-14(20(21)22)1-2-16(15)19-9-5-13(6-10-19)12-3-7-18-8-4-12;/h1-2,11-13,18H,3-10H2;1H. The lowest BCUT2D eigenvalue weighted by Crippen LogP contribution is -2.39. The van der Waals surface area contributed by atoms with Gasteiger partial charge in [0.05, 0.1) is 16.7 Å². The smallest absolute Gasteiger partial charge is 0.272 e. The fraction of sp³-hybridized carbons (Fsp3) is 0.625. The van der Waals surface area contributed by atoms with E-state index in [1.54, 1.807) is 6.07 Å². The molecule has 0 bridgehead atoms. The molecule has 1 aromatic rings. The van der Waals surface area contributed by atoms with E-state index in [-0.39, 0.29) is 18.1 Å². The molecule has 0 aliphatic carbocycles. The first-order valence-corrected chi connectivity index (χ1v) is 8.05. The molecule has 0 aromatic heterocycles. The lowest BCUT2D eigenvalue weighted by Gasteiger charge is -2.38. The molecular weight excluding hydrogens is 321 g/mol. The monoisotopic (exact) mass is 343 g/mol. The predicted octanol–water partition coefficient (Wildman–Crippen LogP) is 3.37. The van der Waals surface area contributed by atoms with E-state index in [0.29, 0.717) is 5.69 Å². The molecule has 23 heavy (non-hydrogen) atoms. The molecule has 128 valence electrons. The number of non-ortho nitro benzene ring substituents is 1. The third-order valence-electron chi connectivity index (χ3n) is 5.07. The average Bonchev–Trinajstić information content (AvgIpc) is 2.56. The lowest BCUT2D eigenvalue weighted by molar-refractivity contribution is -0.385. The highest BCUT2D eigenvalue weighted by Crippen LogP contribution is 2.33. The summed E-state index contributed by atoms with van der Waals surface area (Å²) in [4.78, 5) is 12.1. The molecule has 2 heterocycles. The summed E-state index contributed by atoms with van der Waals surface area (Å²) in [6.45, 7) is 3.90. The first kappa shape index (κ1) is 17.9. The number of hydrogen-bond donors (Lipinski definition) is 1. The van der Waals surface area contributed by atoms with Gasteiger partial charge >= 0.3 is 0 Å². The molecule has 1 N–H and O–H groups in total. The van der Waals surface area contributed by atoms with Crippen molar-refractivity contribution in [3.8, 4) is 0 Å². The fourth-order valence-corrected chi connectivity index (χ4v) is 3.79. The topological polar surface area (TPSA) is 58.4 Å². The third-order valence-corrected chi connectivity index (χ3v) is 5.07. The van der Waals surface area contributed by atoms with Crippen molar-refractivity contribution < 1.29 is 9.31 Å². The second kappa shape index (κ2) is 7.93. The van der Waals surface area contributed by atoms with Crippen LogP contribution in [0.3, 0.4) is 0 Å². The number of piperidine rings is 2. The number of halogens is 2. The SMILES string of the molecule is Cl.O=[N+]([O-])c1ccc(N2CCC(C3CCNCC3)CC2)c(F)c1. The number of nitrogens with zero attached hydrogens (tertiary/aromatic N) is 2. The Morgan fingerprint density at radius 2 is 1.74 bits per heavy atom. The zero-order valence-corrected chi connectivity index (χ0v) is 13.9. The van der Waals surface area contributed by atoms with Crippen LogP contribution in [0.4, 0.5) is 15.8 Å². The van der Waals surface area contributed by atoms with E-state index in [0.717, 1.165) is 56.9 Å². The van der Waals surface area contributed by atoms with E-state index < -0.39 is 10.7 Å². The summed E-state index contributed by atoms with van der Waals surface area (Å²) in [5, 5.41) is 14.1. The van der Waals surface area contributed by atoms with Gasteiger partial charge in [-0.2, -0.15) is 0 Å². The second-order valence-electron chi connectivity index (χ2n) is 6.30. The van der Waals surface area contributed by atoms with Crippen LogP contribution < -0.4 is 10.2 Å². The summed E-state index contributed by atoms with van der Waals surface area (Å²) in [5.41, 5.74) is 0.306. The minimum Gasteiger partial charge on any atom is -0.369 e. The number of anilines is 1. The summed E-state index contributed by atoms with van der Waals surface area (Å²) in [6, 6.07) is 3.95. The molecule has 0 amide bonds. The van der Waals surface area contributed by atoms with Gasteiger partial charge in [-0.25, -0.2) is 4.39 Å². The van der Waals surface area contributed by atoms with Crippen LogP contribution in [0, 0.1) is 27.8 Å². The van der Waals surface area contributed by atoms with Crippen molar-refractivity contribution in [3.05, 3.63) is 34.1 Å². The van der Waals surface area contributed by atoms with Crippen molar-refractivity contribution in [2.75, 3.05) is 31.1 Å². The molecule has 0 spiro atoms. The van der Waals surface area contributed by atoms with E-state index in [9.17, 15) is 14.5 Å². The molecule has 2 aliphatic rings. The van der Waals surface area contributed by atoms with E-state index in [1.165, 1.54) is 18.9 Å². The maximum atomic E-state index is 14.1. The van der Waals surface area contributed by atoms with Crippen LogP contribution in [-0.2, 0) is 0 Å². The summed E-state index contributed by atoms with van der Waals surface area (Å²) in [6.07, 6.45) is 4.66. The minimum absolute atomic E-state index is 0. The highest BCUT2D eigenvalue weighted by atomic mass is 35.5. The minimum atomic E-state index is -0.559. The lowest BCUT2D eigenvalue weighted by atomic mass is 9.79. The first-order valence-electron chi connectivity index (χ1n) is 8.05. The second-order valence-corrected chi connectivity index (χ2v) is 6.30. The normalized spacial score (nSPS) is 20.1. The predicted molar refractivity (Wildman–Crippen MR) is 90.8 cm³/mol. The van der Waals surface area contributed by atoms with Crippen molar-refractivity contribution in [1.82, 2.24) is 5.32 Å². The highest BCUT2D eigenvalue weighted by Gasteiger charge is 2.28. The van der Waals surface area contributed by atoms with Crippen LogP contribution in [0.15, 0.2) is 18.2 Å². The van der Waals surface area contributed by atoms with Crippen LogP contribution >= 0.6 is 12.4 Å². The largest absolute Gasteiger partial charge is 0.369 e. The summed E-state index contributed by atoms with van der Waals surface area (Å²) < 4.78 is 14.1. The molecular formula is C16H23ClFN3O2. The molecule has 5 nitrogen and oxygen atoms in total. The van der Waals surface area contributed by atoms with E-state index in [4.69, 9.17) is 0 Å². The Labute approximate surface area is 141 Å². The Hall–Kier alpha value is -1.40. The van der Waals surface area contributed by atoms with Crippen LogP contribution in [0.1, 0.15) is 25.7 Å². The van der Waals surface area contributed by atoms with Crippen molar-refractivity contribution in [3.63, 3.8) is 0 Å². The summed E-state index contributed by atoms with van der Waals surface area (Å²) >= 11 is 0. The van der Waals surface area contributed by atoms with Gasteiger partial charge in [-0.05, 0) is 56.7 Å². The maximum Gasteiger partial charge on any atom is 0.272 e.